The van der Waals surface area contributed by atoms with Crippen molar-refractivity contribution in [3.63, 3.8) is 0 Å². The SMILES string of the molecule is CCC1CCCN(CCC(N)C(=O)O)CC1. The van der Waals surface area contributed by atoms with Crippen LogP contribution in [0.2, 0.25) is 0 Å². The summed E-state index contributed by atoms with van der Waals surface area (Å²) in [6.07, 6.45) is 5.63. The molecular weight excluding hydrogens is 204 g/mol. The fourth-order valence-corrected chi connectivity index (χ4v) is 2.30. The van der Waals surface area contributed by atoms with Gasteiger partial charge in [0, 0.05) is 6.54 Å². The van der Waals surface area contributed by atoms with Crippen molar-refractivity contribution in [2.45, 2.75) is 45.1 Å². The zero-order valence-electron chi connectivity index (χ0n) is 10.2. The van der Waals surface area contributed by atoms with E-state index in [1.54, 1.807) is 0 Å². The minimum Gasteiger partial charge on any atom is -0.480 e. The average Bonchev–Trinajstić information content (AvgIpc) is 2.50. The number of aliphatic carboxylic acids is 1. The lowest BCUT2D eigenvalue weighted by atomic mass is 9.98. The van der Waals surface area contributed by atoms with E-state index in [2.05, 4.69) is 11.8 Å². The lowest BCUT2D eigenvalue weighted by Gasteiger charge is -2.20. The Hall–Kier alpha value is -0.610. The molecule has 4 nitrogen and oxygen atoms in total. The molecule has 1 aliphatic heterocycles. The molecule has 16 heavy (non-hydrogen) atoms. The van der Waals surface area contributed by atoms with Crippen molar-refractivity contribution in [3.8, 4) is 0 Å². The zero-order valence-corrected chi connectivity index (χ0v) is 10.2. The van der Waals surface area contributed by atoms with E-state index >= 15 is 0 Å². The highest BCUT2D eigenvalue weighted by Crippen LogP contribution is 2.20. The molecule has 3 N–H and O–H groups in total. The molecule has 0 aromatic heterocycles. The number of nitrogens with zero attached hydrogens (tertiary/aromatic N) is 1. The third kappa shape index (κ3) is 4.49. The Bertz CT molecular complexity index is 221. The first-order valence-corrected chi connectivity index (χ1v) is 6.34. The second-order valence-corrected chi connectivity index (χ2v) is 4.78. The highest BCUT2D eigenvalue weighted by molar-refractivity contribution is 5.72. The molecule has 0 radical (unpaired) electrons. The molecular formula is C12H24N2O2. The molecule has 2 unspecified atom stereocenters. The summed E-state index contributed by atoms with van der Waals surface area (Å²) < 4.78 is 0. The van der Waals surface area contributed by atoms with Crippen LogP contribution in [0.4, 0.5) is 0 Å². The predicted molar refractivity (Wildman–Crippen MR) is 64.3 cm³/mol. The van der Waals surface area contributed by atoms with Crippen molar-refractivity contribution in [1.29, 1.82) is 0 Å². The van der Waals surface area contributed by atoms with Crippen molar-refractivity contribution < 1.29 is 9.90 Å². The topological polar surface area (TPSA) is 66.6 Å². The number of likely N-dealkylation sites (tertiary alicyclic amines) is 1. The van der Waals surface area contributed by atoms with Gasteiger partial charge in [0.05, 0.1) is 0 Å². The van der Waals surface area contributed by atoms with E-state index in [1.165, 1.54) is 25.7 Å². The first-order valence-electron chi connectivity index (χ1n) is 6.34. The number of carbonyl (C=O) groups is 1. The van der Waals surface area contributed by atoms with Gasteiger partial charge < -0.3 is 15.7 Å². The predicted octanol–water partition coefficient (Wildman–Crippen LogP) is 1.30. The van der Waals surface area contributed by atoms with Crippen LogP contribution in [0.15, 0.2) is 0 Å². The number of carboxylic acids is 1. The molecule has 0 bridgehead atoms. The fourth-order valence-electron chi connectivity index (χ4n) is 2.30. The monoisotopic (exact) mass is 228 g/mol. The van der Waals surface area contributed by atoms with Crippen LogP contribution in [-0.4, -0.2) is 41.7 Å². The van der Waals surface area contributed by atoms with Gasteiger partial charge in [-0.3, -0.25) is 4.79 Å². The second-order valence-electron chi connectivity index (χ2n) is 4.78. The Morgan fingerprint density at radius 1 is 1.50 bits per heavy atom. The van der Waals surface area contributed by atoms with Gasteiger partial charge in [0.1, 0.15) is 6.04 Å². The molecule has 0 saturated carbocycles. The second kappa shape index (κ2) is 6.86. The summed E-state index contributed by atoms with van der Waals surface area (Å²) in [6.45, 7) is 5.28. The van der Waals surface area contributed by atoms with E-state index in [9.17, 15) is 4.79 Å². The summed E-state index contributed by atoms with van der Waals surface area (Å²) in [5, 5.41) is 8.70. The molecule has 0 spiro atoms. The van der Waals surface area contributed by atoms with Gasteiger partial charge in [-0.2, -0.15) is 0 Å². The van der Waals surface area contributed by atoms with Crippen LogP contribution < -0.4 is 5.73 Å². The van der Waals surface area contributed by atoms with Crippen LogP contribution in [-0.2, 0) is 4.79 Å². The molecule has 1 heterocycles. The number of hydrogen-bond donors (Lipinski definition) is 2. The molecule has 1 aliphatic rings. The molecule has 1 fully saturated rings. The van der Waals surface area contributed by atoms with Crippen molar-refractivity contribution >= 4 is 5.97 Å². The molecule has 2 atom stereocenters. The largest absolute Gasteiger partial charge is 0.480 e. The standard InChI is InChI=1S/C12H24N2O2/c1-2-10-4-3-7-14(8-5-10)9-6-11(13)12(15)16/h10-11H,2-9,13H2,1H3,(H,15,16). The highest BCUT2D eigenvalue weighted by Gasteiger charge is 2.17. The third-order valence-electron chi connectivity index (χ3n) is 3.59. The Morgan fingerprint density at radius 2 is 2.25 bits per heavy atom. The smallest absolute Gasteiger partial charge is 0.320 e. The van der Waals surface area contributed by atoms with Crippen molar-refractivity contribution in [2.24, 2.45) is 11.7 Å². The van der Waals surface area contributed by atoms with Gasteiger partial charge in [-0.05, 0) is 44.7 Å². The Balaban J connectivity index is 2.25. The van der Waals surface area contributed by atoms with Gasteiger partial charge in [0.2, 0.25) is 0 Å². The Labute approximate surface area is 97.8 Å². The normalized spacial score (nSPS) is 25.0. The summed E-state index contributed by atoms with van der Waals surface area (Å²) in [5.74, 6) is -0.0283. The molecule has 0 aliphatic carbocycles. The van der Waals surface area contributed by atoms with Crippen molar-refractivity contribution in [3.05, 3.63) is 0 Å². The maximum absolute atomic E-state index is 10.6. The molecule has 0 aromatic rings. The lowest BCUT2D eigenvalue weighted by Crippen LogP contribution is -2.36. The number of rotatable bonds is 5. The number of hydrogen-bond acceptors (Lipinski definition) is 3. The fraction of sp³-hybridized carbons (Fsp3) is 0.917. The van der Waals surface area contributed by atoms with E-state index in [4.69, 9.17) is 10.8 Å². The van der Waals surface area contributed by atoms with Gasteiger partial charge in [0.25, 0.3) is 0 Å². The average molecular weight is 228 g/mol. The lowest BCUT2D eigenvalue weighted by molar-refractivity contribution is -0.138. The molecule has 0 amide bonds. The summed E-state index contributed by atoms with van der Waals surface area (Å²) in [4.78, 5) is 13.0. The molecule has 4 heteroatoms. The summed E-state index contributed by atoms with van der Waals surface area (Å²) in [6, 6.07) is -0.703. The van der Waals surface area contributed by atoms with E-state index in [0.29, 0.717) is 6.42 Å². The number of carboxylic acid groups (broad SMARTS) is 1. The van der Waals surface area contributed by atoms with Crippen LogP contribution in [0.5, 0.6) is 0 Å². The summed E-state index contributed by atoms with van der Waals surface area (Å²) in [7, 11) is 0. The zero-order chi connectivity index (χ0) is 12.0. The highest BCUT2D eigenvalue weighted by atomic mass is 16.4. The van der Waals surface area contributed by atoms with E-state index in [0.717, 1.165) is 25.6 Å². The minimum atomic E-state index is -0.888. The van der Waals surface area contributed by atoms with Gasteiger partial charge >= 0.3 is 5.97 Å². The van der Waals surface area contributed by atoms with Gasteiger partial charge in [0.15, 0.2) is 0 Å². The molecule has 94 valence electrons. The Morgan fingerprint density at radius 3 is 2.88 bits per heavy atom. The van der Waals surface area contributed by atoms with Crippen LogP contribution in [0.3, 0.4) is 0 Å². The van der Waals surface area contributed by atoms with Crippen LogP contribution in [0, 0.1) is 5.92 Å². The first kappa shape index (κ1) is 13.5. The van der Waals surface area contributed by atoms with Crippen LogP contribution >= 0.6 is 0 Å². The maximum atomic E-state index is 10.6. The van der Waals surface area contributed by atoms with Crippen LogP contribution in [0.1, 0.15) is 39.0 Å². The van der Waals surface area contributed by atoms with E-state index in [1.807, 2.05) is 0 Å². The van der Waals surface area contributed by atoms with Gasteiger partial charge in [-0.25, -0.2) is 0 Å². The molecule has 0 aromatic carbocycles. The summed E-state index contributed by atoms with van der Waals surface area (Å²) >= 11 is 0. The van der Waals surface area contributed by atoms with Gasteiger partial charge in [-0.15, -0.1) is 0 Å². The van der Waals surface area contributed by atoms with Crippen molar-refractivity contribution in [2.75, 3.05) is 19.6 Å². The number of nitrogens with two attached hydrogens (primary N) is 1. The summed E-state index contributed by atoms with van der Waals surface area (Å²) in [5.41, 5.74) is 5.50. The van der Waals surface area contributed by atoms with E-state index < -0.39 is 12.0 Å². The molecule has 1 rings (SSSR count). The Kier molecular flexibility index (Phi) is 5.77. The third-order valence-corrected chi connectivity index (χ3v) is 3.59. The first-order chi connectivity index (χ1) is 7.63. The minimum absolute atomic E-state index is 0.562. The van der Waals surface area contributed by atoms with Crippen molar-refractivity contribution in [1.82, 2.24) is 4.90 Å². The molecule has 1 saturated heterocycles. The maximum Gasteiger partial charge on any atom is 0.320 e. The quantitative estimate of drug-likeness (QED) is 0.744. The van der Waals surface area contributed by atoms with Gasteiger partial charge in [-0.1, -0.05) is 13.3 Å². The van der Waals surface area contributed by atoms with E-state index in [-0.39, 0.29) is 0 Å². The van der Waals surface area contributed by atoms with Crippen LogP contribution in [0.25, 0.3) is 0 Å².